The Morgan fingerprint density at radius 3 is 2.58 bits per heavy atom. The Hall–Kier alpha value is -2.43. The summed E-state index contributed by atoms with van der Waals surface area (Å²) >= 11 is 0. The summed E-state index contributed by atoms with van der Waals surface area (Å²) < 4.78 is 5.50. The van der Waals surface area contributed by atoms with Crippen molar-refractivity contribution >= 4 is 11.6 Å². The number of hydrogen-bond acceptors (Lipinski definition) is 4. The number of aromatic nitrogens is 2. The van der Waals surface area contributed by atoms with Gasteiger partial charge in [0.05, 0.1) is 17.2 Å². The van der Waals surface area contributed by atoms with Crippen LogP contribution < -0.4 is 5.32 Å². The lowest BCUT2D eigenvalue weighted by Crippen LogP contribution is -2.17. The van der Waals surface area contributed by atoms with Crippen LogP contribution in [0, 0.1) is 24.2 Å². The Kier molecular flexibility index (Phi) is 4.03. The van der Waals surface area contributed by atoms with Gasteiger partial charge in [-0.3, -0.25) is 4.79 Å². The summed E-state index contributed by atoms with van der Waals surface area (Å²) in [6, 6.07) is 7.50. The molecule has 3 rings (SSSR count). The highest BCUT2D eigenvalue weighted by Gasteiger charge is 2.60. The summed E-state index contributed by atoms with van der Waals surface area (Å²) in [5, 5.41) is 11.0. The van der Waals surface area contributed by atoms with Crippen molar-refractivity contribution in [2.24, 2.45) is 17.3 Å². The summed E-state index contributed by atoms with van der Waals surface area (Å²) in [4.78, 5) is 12.8. The van der Waals surface area contributed by atoms with Crippen LogP contribution in [0.15, 0.2) is 40.3 Å². The molecule has 1 aromatic heterocycles. The van der Waals surface area contributed by atoms with Gasteiger partial charge in [0.1, 0.15) is 0 Å². The van der Waals surface area contributed by atoms with Gasteiger partial charge in [0, 0.05) is 6.92 Å². The number of hydrogen-bond donors (Lipinski definition) is 1. The Balaban J connectivity index is 1.83. The molecule has 2 aromatic rings. The Bertz CT molecular complexity index is 800. The molecule has 0 aliphatic heterocycles. The first-order valence-electron chi connectivity index (χ1n) is 8.16. The molecule has 24 heavy (non-hydrogen) atoms. The molecule has 1 aromatic carbocycles. The standard InChI is InChI=1S/C19H23N3O2/c1-11(2)10-14-16(19(14,4)5)17(23)20-15-9-7-6-8-13(15)18-22-21-12(3)24-18/h6-10,14,16H,1-5H3,(H,20,23)/t14-,16+/m1/s1. The van der Waals surface area contributed by atoms with Crippen LogP contribution in [0.4, 0.5) is 5.69 Å². The zero-order valence-corrected chi connectivity index (χ0v) is 14.8. The first-order valence-corrected chi connectivity index (χ1v) is 8.16. The number of carbonyl (C=O) groups excluding carboxylic acids is 1. The highest BCUT2D eigenvalue weighted by Crippen LogP contribution is 2.59. The molecular weight excluding hydrogens is 302 g/mol. The van der Waals surface area contributed by atoms with Crippen LogP contribution in [-0.2, 0) is 4.79 Å². The van der Waals surface area contributed by atoms with Gasteiger partial charge in [0.25, 0.3) is 0 Å². The number of nitrogens with one attached hydrogen (secondary N) is 1. The van der Waals surface area contributed by atoms with Crippen molar-refractivity contribution in [3.8, 4) is 11.5 Å². The van der Waals surface area contributed by atoms with Gasteiger partial charge in [-0.1, -0.05) is 37.6 Å². The fourth-order valence-electron chi connectivity index (χ4n) is 3.24. The van der Waals surface area contributed by atoms with Gasteiger partial charge < -0.3 is 9.73 Å². The van der Waals surface area contributed by atoms with Gasteiger partial charge in [-0.15, -0.1) is 10.2 Å². The van der Waals surface area contributed by atoms with E-state index in [1.165, 1.54) is 5.57 Å². The molecule has 0 bridgehead atoms. The number of anilines is 1. The molecule has 0 saturated heterocycles. The van der Waals surface area contributed by atoms with Gasteiger partial charge >= 0.3 is 0 Å². The topological polar surface area (TPSA) is 68.0 Å². The molecule has 0 unspecified atom stereocenters. The van der Waals surface area contributed by atoms with Crippen LogP contribution in [0.5, 0.6) is 0 Å². The molecule has 1 heterocycles. The Morgan fingerprint density at radius 2 is 1.96 bits per heavy atom. The van der Waals surface area contributed by atoms with Gasteiger partial charge in [0.2, 0.25) is 17.7 Å². The number of para-hydroxylation sites is 1. The lowest BCUT2D eigenvalue weighted by molar-refractivity contribution is -0.118. The highest BCUT2D eigenvalue weighted by atomic mass is 16.4. The average Bonchev–Trinajstić information content (AvgIpc) is 2.82. The van der Waals surface area contributed by atoms with E-state index in [4.69, 9.17) is 4.42 Å². The summed E-state index contributed by atoms with van der Waals surface area (Å²) in [5.74, 6) is 1.20. The van der Waals surface area contributed by atoms with E-state index in [0.29, 0.717) is 17.5 Å². The molecule has 1 amide bonds. The largest absolute Gasteiger partial charge is 0.421 e. The van der Waals surface area contributed by atoms with E-state index in [9.17, 15) is 4.79 Å². The van der Waals surface area contributed by atoms with E-state index in [0.717, 1.165) is 5.56 Å². The van der Waals surface area contributed by atoms with Crippen molar-refractivity contribution in [1.82, 2.24) is 10.2 Å². The number of carbonyl (C=O) groups is 1. The third kappa shape index (κ3) is 2.98. The second-order valence-electron chi connectivity index (χ2n) is 7.23. The van der Waals surface area contributed by atoms with E-state index >= 15 is 0 Å². The molecule has 0 radical (unpaired) electrons. The predicted octanol–water partition coefficient (Wildman–Crippen LogP) is 4.22. The molecule has 1 N–H and O–H groups in total. The number of aryl methyl sites for hydroxylation is 1. The number of rotatable bonds is 4. The molecule has 1 saturated carbocycles. The number of benzene rings is 1. The first kappa shape index (κ1) is 16.4. The highest BCUT2D eigenvalue weighted by molar-refractivity contribution is 5.98. The molecule has 1 fully saturated rings. The summed E-state index contributed by atoms with van der Waals surface area (Å²) in [6.07, 6.45) is 2.19. The van der Waals surface area contributed by atoms with Crippen molar-refractivity contribution in [2.75, 3.05) is 5.32 Å². The van der Waals surface area contributed by atoms with Gasteiger partial charge in [-0.2, -0.15) is 0 Å². The van der Waals surface area contributed by atoms with Crippen LogP contribution in [0.1, 0.15) is 33.6 Å². The van der Waals surface area contributed by atoms with Crippen LogP contribution in [0.2, 0.25) is 0 Å². The van der Waals surface area contributed by atoms with E-state index < -0.39 is 0 Å². The normalized spacial score (nSPS) is 21.2. The molecule has 2 atom stereocenters. The Labute approximate surface area is 142 Å². The molecule has 0 spiro atoms. The maximum Gasteiger partial charge on any atom is 0.249 e. The minimum atomic E-state index is -0.0233. The van der Waals surface area contributed by atoms with Crippen molar-refractivity contribution in [2.45, 2.75) is 34.6 Å². The monoisotopic (exact) mass is 325 g/mol. The van der Waals surface area contributed by atoms with E-state index in [1.54, 1.807) is 6.92 Å². The van der Waals surface area contributed by atoms with Crippen LogP contribution in [0.3, 0.4) is 0 Å². The number of allylic oxidation sites excluding steroid dienone is 2. The average molecular weight is 325 g/mol. The molecule has 1 aliphatic carbocycles. The van der Waals surface area contributed by atoms with Crippen molar-refractivity contribution in [1.29, 1.82) is 0 Å². The third-order valence-corrected chi connectivity index (χ3v) is 4.65. The van der Waals surface area contributed by atoms with E-state index in [-0.39, 0.29) is 23.2 Å². The minimum absolute atomic E-state index is 0.0165. The summed E-state index contributed by atoms with van der Waals surface area (Å²) in [5.41, 5.74) is 2.66. The fraction of sp³-hybridized carbons (Fsp3) is 0.421. The van der Waals surface area contributed by atoms with Gasteiger partial charge in [0.15, 0.2) is 0 Å². The molecule has 5 heteroatoms. The van der Waals surface area contributed by atoms with Crippen molar-refractivity contribution in [3.05, 3.63) is 41.8 Å². The van der Waals surface area contributed by atoms with Gasteiger partial charge in [-0.25, -0.2) is 0 Å². The zero-order chi connectivity index (χ0) is 17.5. The molecule has 5 nitrogen and oxygen atoms in total. The molecular formula is C19H23N3O2. The van der Waals surface area contributed by atoms with Crippen LogP contribution in [-0.4, -0.2) is 16.1 Å². The zero-order valence-electron chi connectivity index (χ0n) is 14.8. The maximum atomic E-state index is 12.8. The summed E-state index contributed by atoms with van der Waals surface area (Å²) in [7, 11) is 0. The third-order valence-electron chi connectivity index (χ3n) is 4.65. The summed E-state index contributed by atoms with van der Waals surface area (Å²) in [6.45, 7) is 10.1. The van der Waals surface area contributed by atoms with Crippen molar-refractivity contribution in [3.63, 3.8) is 0 Å². The first-order chi connectivity index (χ1) is 11.3. The second kappa shape index (κ2) is 5.89. The lowest BCUT2D eigenvalue weighted by atomic mass is 10.1. The minimum Gasteiger partial charge on any atom is -0.421 e. The lowest BCUT2D eigenvalue weighted by Gasteiger charge is -2.09. The quantitative estimate of drug-likeness (QED) is 0.855. The van der Waals surface area contributed by atoms with Crippen LogP contribution in [0.25, 0.3) is 11.5 Å². The SMILES string of the molecule is CC(C)=C[C@@H]1[C@@H](C(=O)Nc2ccccc2-c2nnc(C)o2)C1(C)C. The maximum absolute atomic E-state index is 12.8. The van der Waals surface area contributed by atoms with Crippen LogP contribution >= 0.6 is 0 Å². The van der Waals surface area contributed by atoms with E-state index in [2.05, 4.69) is 49.3 Å². The smallest absolute Gasteiger partial charge is 0.249 e. The van der Waals surface area contributed by atoms with Crippen molar-refractivity contribution < 1.29 is 9.21 Å². The Morgan fingerprint density at radius 1 is 1.25 bits per heavy atom. The van der Waals surface area contributed by atoms with Gasteiger partial charge in [-0.05, 0) is 37.3 Å². The second-order valence-corrected chi connectivity index (χ2v) is 7.23. The van der Waals surface area contributed by atoms with E-state index in [1.807, 2.05) is 24.3 Å². The number of nitrogens with zero attached hydrogens (tertiary/aromatic N) is 2. The predicted molar refractivity (Wildman–Crippen MR) is 93.3 cm³/mol. The number of amides is 1. The molecule has 1 aliphatic rings. The molecule has 126 valence electrons. The fourth-order valence-corrected chi connectivity index (χ4v) is 3.24.